The molecule has 1 amide bonds. The molecule has 0 bridgehead atoms. The zero-order valence-electron chi connectivity index (χ0n) is 11.7. The molecule has 1 aromatic rings. The molecule has 1 aromatic carbocycles. The topological polar surface area (TPSA) is 55.1 Å². The van der Waals surface area contributed by atoms with Crippen LogP contribution < -0.4 is 11.1 Å². The van der Waals surface area contributed by atoms with Gasteiger partial charge in [-0.25, -0.2) is 0 Å². The molecule has 1 fully saturated rings. The van der Waals surface area contributed by atoms with E-state index in [0.29, 0.717) is 12.5 Å². The van der Waals surface area contributed by atoms with E-state index in [1.807, 2.05) is 24.3 Å². The van der Waals surface area contributed by atoms with Crippen LogP contribution in [0, 0.1) is 5.92 Å². The summed E-state index contributed by atoms with van der Waals surface area (Å²) in [5.74, 6) is 0.995. The first kappa shape index (κ1) is 13.9. The number of rotatable bonds is 4. The van der Waals surface area contributed by atoms with Crippen molar-refractivity contribution in [1.82, 2.24) is 5.32 Å². The fraction of sp³-hybridized carbons (Fsp3) is 0.562. The Bertz CT molecular complexity index is 405. The molecule has 104 valence electrons. The lowest BCUT2D eigenvalue weighted by Gasteiger charge is -2.28. The second kappa shape index (κ2) is 6.60. The summed E-state index contributed by atoms with van der Waals surface area (Å²) in [6.07, 6.45) is 6.49. The minimum Gasteiger partial charge on any atom is -0.399 e. The average molecular weight is 260 g/mol. The number of nitrogens with one attached hydrogen (secondary N) is 1. The van der Waals surface area contributed by atoms with Gasteiger partial charge < -0.3 is 11.1 Å². The summed E-state index contributed by atoms with van der Waals surface area (Å²) in [4.78, 5) is 12.0. The number of carbonyl (C=O) groups is 1. The molecule has 0 aromatic heterocycles. The molecule has 1 saturated carbocycles. The van der Waals surface area contributed by atoms with Crippen molar-refractivity contribution < 1.29 is 4.79 Å². The fourth-order valence-electron chi connectivity index (χ4n) is 2.81. The van der Waals surface area contributed by atoms with Gasteiger partial charge in [-0.2, -0.15) is 0 Å². The van der Waals surface area contributed by atoms with E-state index in [-0.39, 0.29) is 5.91 Å². The quantitative estimate of drug-likeness (QED) is 0.818. The van der Waals surface area contributed by atoms with Crippen LogP contribution in [0.1, 0.15) is 44.6 Å². The molecule has 2 rings (SSSR count). The molecule has 0 aliphatic heterocycles. The molecule has 19 heavy (non-hydrogen) atoms. The number of nitrogens with two attached hydrogens (primary N) is 1. The minimum absolute atomic E-state index is 0.129. The standard InChI is InChI=1S/C16H24N2O/c1-2-12-5-9-15(10-6-12)18-16(19)11-13-3-7-14(17)8-4-13/h3-4,7-8,12,15H,2,5-6,9-11,17H2,1H3,(H,18,19). The van der Waals surface area contributed by atoms with E-state index >= 15 is 0 Å². The van der Waals surface area contributed by atoms with Gasteiger partial charge in [-0.1, -0.05) is 25.5 Å². The average Bonchev–Trinajstić information content (AvgIpc) is 2.42. The number of hydrogen-bond donors (Lipinski definition) is 2. The molecule has 0 saturated heterocycles. The zero-order chi connectivity index (χ0) is 13.7. The lowest BCUT2D eigenvalue weighted by molar-refractivity contribution is -0.121. The van der Waals surface area contributed by atoms with Crippen LogP contribution in [0.25, 0.3) is 0 Å². The highest BCUT2D eigenvalue weighted by Crippen LogP contribution is 2.26. The van der Waals surface area contributed by atoms with E-state index in [0.717, 1.165) is 30.0 Å². The summed E-state index contributed by atoms with van der Waals surface area (Å²) in [5.41, 5.74) is 7.39. The Balaban J connectivity index is 1.77. The number of nitrogen functional groups attached to an aromatic ring is 1. The molecule has 0 heterocycles. The van der Waals surface area contributed by atoms with Crippen molar-refractivity contribution >= 4 is 11.6 Å². The molecule has 3 N–H and O–H groups in total. The number of hydrogen-bond acceptors (Lipinski definition) is 2. The first-order valence-corrected chi connectivity index (χ1v) is 7.31. The largest absolute Gasteiger partial charge is 0.399 e. The molecule has 0 spiro atoms. The van der Waals surface area contributed by atoms with Crippen LogP contribution in [-0.2, 0) is 11.2 Å². The summed E-state index contributed by atoms with van der Waals surface area (Å²) in [7, 11) is 0. The van der Waals surface area contributed by atoms with Gasteiger partial charge in [0.1, 0.15) is 0 Å². The first-order chi connectivity index (χ1) is 9.17. The van der Waals surface area contributed by atoms with Gasteiger partial charge in [-0.05, 0) is 49.3 Å². The van der Waals surface area contributed by atoms with Gasteiger partial charge in [0.15, 0.2) is 0 Å². The maximum absolute atomic E-state index is 12.0. The zero-order valence-corrected chi connectivity index (χ0v) is 11.7. The Morgan fingerprint density at radius 2 is 1.84 bits per heavy atom. The van der Waals surface area contributed by atoms with Crippen LogP contribution in [-0.4, -0.2) is 11.9 Å². The maximum atomic E-state index is 12.0. The molecular weight excluding hydrogens is 236 g/mol. The van der Waals surface area contributed by atoms with Crippen molar-refractivity contribution in [2.45, 2.75) is 51.5 Å². The van der Waals surface area contributed by atoms with E-state index < -0.39 is 0 Å². The van der Waals surface area contributed by atoms with Crippen LogP contribution in [0.15, 0.2) is 24.3 Å². The second-order valence-corrected chi connectivity index (χ2v) is 5.61. The van der Waals surface area contributed by atoms with Gasteiger partial charge in [0.25, 0.3) is 0 Å². The Hall–Kier alpha value is -1.51. The van der Waals surface area contributed by atoms with Crippen LogP contribution in [0.3, 0.4) is 0 Å². The van der Waals surface area contributed by atoms with Crippen molar-refractivity contribution in [2.75, 3.05) is 5.73 Å². The Morgan fingerprint density at radius 3 is 2.42 bits per heavy atom. The number of benzene rings is 1. The van der Waals surface area contributed by atoms with Crippen molar-refractivity contribution in [1.29, 1.82) is 0 Å². The third-order valence-electron chi connectivity index (χ3n) is 4.13. The Labute approximate surface area is 115 Å². The highest BCUT2D eigenvalue weighted by atomic mass is 16.1. The van der Waals surface area contributed by atoms with E-state index in [1.54, 1.807) is 0 Å². The summed E-state index contributed by atoms with van der Waals surface area (Å²) in [6, 6.07) is 7.90. The lowest BCUT2D eigenvalue weighted by atomic mass is 9.84. The normalized spacial score (nSPS) is 23.0. The smallest absolute Gasteiger partial charge is 0.224 e. The molecule has 0 atom stereocenters. The molecule has 0 radical (unpaired) electrons. The van der Waals surface area contributed by atoms with E-state index in [4.69, 9.17) is 5.73 Å². The van der Waals surface area contributed by atoms with Gasteiger partial charge in [-0.15, -0.1) is 0 Å². The van der Waals surface area contributed by atoms with Gasteiger partial charge >= 0.3 is 0 Å². The monoisotopic (exact) mass is 260 g/mol. The third kappa shape index (κ3) is 4.27. The third-order valence-corrected chi connectivity index (χ3v) is 4.13. The van der Waals surface area contributed by atoms with Gasteiger partial charge in [0, 0.05) is 11.7 Å². The number of amides is 1. The van der Waals surface area contributed by atoms with Gasteiger partial charge in [0.2, 0.25) is 5.91 Å². The lowest BCUT2D eigenvalue weighted by Crippen LogP contribution is -2.38. The molecule has 0 unspecified atom stereocenters. The van der Waals surface area contributed by atoms with Crippen molar-refractivity contribution in [2.24, 2.45) is 5.92 Å². The van der Waals surface area contributed by atoms with E-state index in [9.17, 15) is 4.79 Å². The van der Waals surface area contributed by atoms with Crippen LogP contribution in [0.4, 0.5) is 5.69 Å². The minimum atomic E-state index is 0.129. The van der Waals surface area contributed by atoms with E-state index in [1.165, 1.54) is 19.3 Å². The Morgan fingerprint density at radius 1 is 1.21 bits per heavy atom. The summed E-state index contributed by atoms with van der Waals surface area (Å²) >= 11 is 0. The first-order valence-electron chi connectivity index (χ1n) is 7.31. The van der Waals surface area contributed by atoms with E-state index in [2.05, 4.69) is 12.2 Å². The van der Waals surface area contributed by atoms with Gasteiger partial charge in [-0.3, -0.25) is 4.79 Å². The second-order valence-electron chi connectivity index (χ2n) is 5.61. The maximum Gasteiger partial charge on any atom is 0.224 e. The van der Waals surface area contributed by atoms with Crippen molar-refractivity contribution in [3.8, 4) is 0 Å². The molecule has 3 heteroatoms. The van der Waals surface area contributed by atoms with Crippen molar-refractivity contribution in [3.05, 3.63) is 29.8 Å². The summed E-state index contributed by atoms with van der Waals surface area (Å²) in [5, 5.41) is 3.16. The van der Waals surface area contributed by atoms with Crippen LogP contribution in [0.5, 0.6) is 0 Å². The van der Waals surface area contributed by atoms with Crippen molar-refractivity contribution in [3.63, 3.8) is 0 Å². The molecular formula is C16H24N2O. The molecule has 1 aliphatic carbocycles. The fourth-order valence-corrected chi connectivity index (χ4v) is 2.81. The predicted molar refractivity (Wildman–Crippen MR) is 78.7 cm³/mol. The predicted octanol–water partition coefficient (Wildman–Crippen LogP) is 2.90. The molecule has 1 aliphatic rings. The number of carbonyl (C=O) groups excluding carboxylic acids is 1. The van der Waals surface area contributed by atoms with Crippen LogP contribution in [0.2, 0.25) is 0 Å². The SMILES string of the molecule is CCC1CCC(NC(=O)Cc2ccc(N)cc2)CC1. The summed E-state index contributed by atoms with van der Waals surface area (Å²) < 4.78 is 0. The number of anilines is 1. The highest BCUT2D eigenvalue weighted by molar-refractivity contribution is 5.79. The molecule has 3 nitrogen and oxygen atoms in total. The highest BCUT2D eigenvalue weighted by Gasteiger charge is 2.21. The van der Waals surface area contributed by atoms with Crippen LogP contribution >= 0.6 is 0 Å². The Kier molecular flexibility index (Phi) is 4.83. The van der Waals surface area contributed by atoms with Gasteiger partial charge in [0.05, 0.1) is 6.42 Å². The summed E-state index contributed by atoms with van der Waals surface area (Å²) in [6.45, 7) is 2.25.